The molecule has 2 rings (SSSR count). The number of aromatic nitrogens is 3. The molecule has 0 saturated carbocycles. The molecule has 15 heavy (non-hydrogen) atoms. The van der Waals surface area contributed by atoms with Gasteiger partial charge in [0.1, 0.15) is 17.1 Å². The summed E-state index contributed by atoms with van der Waals surface area (Å²) in [5.41, 5.74) is 0.732. The molecule has 0 atom stereocenters. The number of nitriles is 1. The molecule has 7 nitrogen and oxygen atoms in total. The van der Waals surface area contributed by atoms with Crippen LogP contribution in [0.1, 0.15) is 5.56 Å². The topological polar surface area (TPSA) is 108 Å². The second kappa shape index (κ2) is 4.18. The van der Waals surface area contributed by atoms with Gasteiger partial charge in [-0.15, -0.1) is 5.10 Å². The molecule has 0 spiro atoms. The molecular formula is C7H3AgN5O2. The average Bonchev–Trinajstić information content (AvgIpc) is 2.63. The molecule has 1 aromatic heterocycles. The monoisotopic (exact) mass is 296 g/mol. The predicted octanol–water partition coefficient (Wildman–Crippen LogP) is 0.735. The van der Waals surface area contributed by atoms with Crippen molar-refractivity contribution in [2.75, 3.05) is 0 Å². The van der Waals surface area contributed by atoms with Crippen LogP contribution in [0.5, 0.6) is 0 Å². The van der Waals surface area contributed by atoms with E-state index in [9.17, 15) is 10.1 Å². The van der Waals surface area contributed by atoms with Crippen molar-refractivity contribution >= 4 is 16.7 Å². The Morgan fingerprint density at radius 3 is 2.87 bits per heavy atom. The van der Waals surface area contributed by atoms with E-state index < -0.39 is 4.92 Å². The number of aromatic amines is 1. The van der Waals surface area contributed by atoms with Crippen molar-refractivity contribution in [2.45, 2.75) is 0 Å². The summed E-state index contributed by atoms with van der Waals surface area (Å²) in [6.45, 7) is 0. The van der Waals surface area contributed by atoms with E-state index in [1.807, 2.05) is 6.07 Å². The molecule has 1 radical (unpaired) electrons. The molecule has 79 valence electrons. The van der Waals surface area contributed by atoms with Crippen molar-refractivity contribution in [3.05, 3.63) is 27.8 Å². The van der Waals surface area contributed by atoms with Gasteiger partial charge in [-0.3, -0.25) is 15.2 Å². The molecule has 1 N–H and O–H groups in total. The Bertz CT molecular complexity index is 558. The number of hydrogen-bond acceptors (Lipinski definition) is 5. The van der Waals surface area contributed by atoms with Gasteiger partial charge in [0.15, 0.2) is 0 Å². The van der Waals surface area contributed by atoms with Crippen LogP contribution in [-0.4, -0.2) is 20.3 Å². The van der Waals surface area contributed by atoms with E-state index in [1.165, 1.54) is 12.1 Å². The molecule has 0 saturated heterocycles. The zero-order valence-electron chi connectivity index (χ0n) is 7.06. The minimum absolute atomic E-state index is 0. The average molecular weight is 297 g/mol. The molecule has 0 fully saturated rings. The van der Waals surface area contributed by atoms with E-state index in [1.54, 1.807) is 0 Å². The summed E-state index contributed by atoms with van der Waals surface area (Å²) in [6, 6.07) is 4.28. The number of benzene rings is 1. The fraction of sp³-hybridized carbons (Fsp3) is 0. The third-order valence-corrected chi connectivity index (χ3v) is 1.75. The maximum Gasteiger partial charge on any atom is 0.273 e. The van der Waals surface area contributed by atoms with Gasteiger partial charge in [-0.1, -0.05) is 5.21 Å². The first-order valence-corrected chi connectivity index (χ1v) is 3.61. The standard InChI is InChI=1S/C7H3N5O2.Ag/c8-3-4-1-5(12(13)14)2-6-7(4)10-11-9-6;/h1-2H,(H,9,10,11);. The van der Waals surface area contributed by atoms with Crippen molar-refractivity contribution in [1.29, 1.82) is 5.26 Å². The van der Waals surface area contributed by atoms with Crippen LogP contribution in [0.2, 0.25) is 0 Å². The third kappa shape index (κ3) is 1.87. The van der Waals surface area contributed by atoms with E-state index >= 15 is 0 Å². The number of nitro benzene ring substituents is 1. The number of nitro groups is 1. The maximum atomic E-state index is 10.5. The fourth-order valence-electron chi connectivity index (χ4n) is 1.13. The quantitative estimate of drug-likeness (QED) is 0.474. The third-order valence-electron chi connectivity index (χ3n) is 1.75. The van der Waals surface area contributed by atoms with Crippen molar-refractivity contribution in [3.8, 4) is 6.07 Å². The molecule has 2 aromatic rings. The summed E-state index contributed by atoms with van der Waals surface area (Å²) >= 11 is 0. The van der Waals surface area contributed by atoms with Crippen LogP contribution in [-0.2, 0) is 22.4 Å². The van der Waals surface area contributed by atoms with Gasteiger partial charge in [-0.05, 0) is 0 Å². The number of hydrogen-bond donors (Lipinski definition) is 1. The molecule has 1 heterocycles. The number of nitrogens with zero attached hydrogens (tertiary/aromatic N) is 4. The van der Waals surface area contributed by atoms with Crippen molar-refractivity contribution in [2.24, 2.45) is 0 Å². The Balaban J connectivity index is 0.00000112. The van der Waals surface area contributed by atoms with Crippen molar-refractivity contribution < 1.29 is 27.3 Å². The Labute approximate surface area is 98.7 Å². The minimum atomic E-state index is -0.574. The van der Waals surface area contributed by atoms with Crippen LogP contribution < -0.4 is 0 Å². The zero-order chi connectivity index (χ0) is 10.1. The van der Waals surface area contributed by atoms with Crippen molar-refractivity contribution in [3.63, 3.8) is 0 Å². The summed E-state index contributed by atoms with van der Waals surface area (Å²) in [7, 11) is 0. The Morgan fingerprint density at radius 2 is 2.27 bits per heavy atom. The van der Waals surface area contributed by atoms with Crippen molar-refractivity contribution in [1.82, 2.24) is 15.4 Å². The molecule has 0 aliphatic rings. The first-order valence-electron chi connectivity index (χ1n) is 3.61. The van der Waals surface area contributed by atoms with Crippen LogP contribution in [0.25, 0.3) is 11.0 Å². The largest absolute Gasteiger partial charge is 0.273 e. The second-order valence-electron chi connectivity index (χ2n) is 2.57. The maximum absolute atomic E-state index is 10.5. The molecule has 0 amide bonds. The molecule has 0 bridgehead atoms. The number of H-pyrrole nitrogens is 1. The van der Waals surface area contributed by atoms with Gasteiger partial charge >= 0.3 is 0 Å². The van der Waals surface area contributed by atoms with Crippen LogP contribution in [0, 0.1) is 21.4 Å². The van der Waals surface area contributed by atoms with Gasteiger partial charge in [0, 0.05) is 34.5 Å². The van der Waals surface area contributed by atoms with Crippen LogP contribution in [0.15, 0.2) is 12.1 Å². The number of fused-ring (bicyclic) bond motifs is 1. The Kier molecular flexibility index (Phi) is 3.16. The number of non-ortho nitro benzene ring substituents is 1. The number of rotatable bonds is 1. The van der Waals surface area contributed by atoms with Crippen LogP contribution in [0.4, 0.5) is 5.69 Å². The first kappa shape index (κ1) is 11.3. The summed E-state index contributed by atoms with van der Waals surface area (Å²) < 4.78 is 0. The molecule has 1 aromatic carbocycles. The summed E-state index contributed by atoms with van der Waals surface area (Å²) in [4.78, 5) is 9.90. The smallest absolute Gasteiger partial charge is 0.258 e. The molecule has 0 aliphatic heterocycles. The Morgan fingerprint density at radius 1 is 1.53 bits per heavy atom. The van der Waals surface area contributed by atoms with Gasteiger partial charge in [-0.25, -0.2) is 0 Å². The fourth-order valence-corrected chi connectivity index (χ4v) is 1.13. The van der Waals surface area contributed by atoms with E-state index in [0.717, 1.165) is 0 Å². The first-order chi connectivity index (χ1) is 6.72. The Hall–Kier alpha value is -1.75. The van der Waals surface area contributed by atoms with E-state index in [-0.39, 0.29) is 33.6 Å². The summed E-state index contributed by atoms with van der Waals surface area (Å²) in [5, 5.41) is 28.8. The van der Waals surface area contributed by atoms with Crippen LogP contribution >= 0.6 is 0 Å². The SMILES string of the molecule is N#Cc1cc([N+](=O)[O-])cc2nn[nH]c12.[Ag]. The van der Waals surface area contributed by atoms with E-state index in [4.69, 9.17) is 5.26 Å². The molecular weight excluding hydrogens is 294 g/mol. The molecule has 0 aliphatic carbocycles. The van der Waals surface area contributed by atoms with Crippen LogP contribution in [0.3, 0.4) is 0 Å². The second-order valence-corrected chi connectivity index (χ2v) is 2.57. The predicted molar refractivity (Wildman–Crippen MR) is 45.3 cm³/mol. The van der Waals surface area contributed by atoms with Gasteiger partial charge in [0.05, 0.1) is 10.5 Å². The van der Waals surface area contributed by atoms with Gasteiger partial charge in [0.25, 0.3) is 5.69 Å². The van der Waals surface area contributed by atoms with Gasteiger partial charge in [0.2, 0.25) is 0 Å². The summed E-state index contributed by atoms with van der Waals surface area (Å²) in [5.74, 6) is 0. The molecule has 0 unspecified atom stereocenters. The molecule has 8 heteroatoms. The summed E-state index contributed by atoms with van der Waals surface area (Å²) in [6.07, 6.45) is 0. The zero-order valence-corrected chi connectivity index (χ0v) is 8.54. The normalized spacial score (nSPS) is 9.27. The number of nitrogens with one attached hydrogen (secondary N) is 1. The van der Waals surface area contributed by atoms with Gasteiger partial charge in [-0.2, -0.15) is 5.26 Å². The van der Waals surface area contributed by atoms with E-state index in [0.29, 0.717) is 11.0 Å². The minimum Gasteiger partial charge on any atom is -0.258 e. The van der Waals surface area contributed by atoms with Gasteiger partial charge < -0.3 is 0 Å². The van der Waals surface area contributed by atoms with E-state index in [2.05, 4.69) is 15.4 Å².